The third-order valence-electron chi connectivity index (χ3n) is 5.00. The van der Waals surface area contributed by atoms with Gasteiger partial charge in [-0.1, -0.05) is 6.07 Å². The number of anilines is 3. The molecular formula is C21H21N3O3. The standard InChI is InChI=1S/C21H21N3O3/c25-19-6-2-12-23(19)17-10-8-15(9-11-17)21(27)22-16-4-1-5-18(14-16)24-13-3-7-20(24)26/h1,4-5,8-11,14H,2-3,6-7,12-13H2,(H,22,27). The maximum absolute atomic E-state index is 12.5. The van der Waals surface area contributed by atoms with Crippen LogP contribution in [0.1, 0.15) is 36.0 Å². The van der Waals surface area contributed by atoms with Gasteiger partial charge in [0.1, 0.15) is 0 Å². The van der Waals surface area contributed by atoms with Gasteiger partial charge in [-0.2, -0.15) is 0 Å². The lowest BCUT2D eigenvalue weighted by atomic mass is 10.1. The van der Waals surface area contributed by atoms with Crippen molar-refractivity contribution in [3.63, 3.8) is 0 Å². The molecule has 6 nitrogen and oxygen atoms in total. The summed E-state index contributed by atoms with van der Waals surface area (Å²) in [6.07, 6.45) is 2.89. The average Bonchev–Trinajstić information content (AvgIpc) is 3.30. The largest absolute Gasteiger partial charge is 0.322 e. The van der Waals surface area contributed by atoms with E-state index in [4.69, 9.17) is 0 Å². The fraction of sp³-hybridized carbons (Fsp3) is 0.286. The van der Waals surface area contributed by atoms with E-state index < -0.39 is 0 Å². The molecular weight excluding hydrogens is 342 g/mol. The van der Waals surface area contributed by atoms with Gasteiger partial charge in [0.15, 0.2) is 0 Å². The number of hydrogen-bond donors (Lipinski definition) is 1. The van der Waals surface area contributed by atoms with Gasteiger partial charge in [0.25, 0.3) is 5.91 Å². The number of hydrogen-bond acceptors (Lipinski definition) is 3. The molecule has 6 heteroatoms. The zero-order valence-electron chi connectivity index (χ0n) is 15.0. The van der Waals surface area contributed by atoms with E-state index in [0.29, 0.717) is 30.6 Å². The number of nitrogens with zero attached hydrogens (tertiary/aromatic N) is 2. The predicted octanol–water partition coefficient (Wildman–Crippen LogP) is 3.19. The normalized spacial score (nSPS) is 16.9. The minimum absolute atomic E-state index is 0.116. The minimum Gasteiger partial charge on any atom is -0.322 e. The summed E-state index contributed by atoms with van der Waals surface area (Å²) in [5.74, 6) is 0.0187. The van der Waals surface area contributed by atoms with Crippen LogP contribution in [0.4, 0.5) is 17.1 Å². The minimum atomic E-state index is -0.223. The molecule has 0 bridgehead atoms. The van der Waals surface area contributed by atoms with Crippen molar-refractivity contribution >= 4 is 34.8 Å². The first-order chi connectivity index (χ1) is 13.1. The van der Waals surface area contributed by atoms with Gasteiger partial charge >= 0.3 is 0 Å². The quantitative estimate of drug-likeness (QED) is 0.907. The Balaban J connectivity index is 1.46. The number of carbonyl (C=O) groups excluding carboxylic acids is 3. The summed E-state index contributed by atoms with van der Waals surface area (Å²) >= 11 is 0. The van der Waals surface area contributed by atoms with Crippen molar-refractivity contribution < 1.29 is 14.4 Å². The Labute approximate surface area is 157 Å². The van der Waals surface area contributed by atoms with Crippen molar-refractivity contribution in [1.82, 2.24) is 0 Å². The van der Waals surface area contributed by atoms with E-state index in [1.807, 2.05) is 18.2 Å². The zero-order chi connectivity index (χ0) is 18.8. The number of carbonyl (C=O) groups is 3. The van der Waals surface area contributed by atoms with Gasteiger partial charge in [-0.3, -0.25) is 14.4 Å². The molecule has 2 saturated heterocycles. The van der Waals surface area contributed by atoms with Crippen LogP contribution in [-0.4, -0.2) is 30.8 Å². The van der Waals surface area contributed by atoms with E-state index >= 15 is 0 Å². The third kappa shape index (κ3) is 3.56. The van der Waals surface area contributed by atoms with Crippen molar-refractivity contribution in [3.05, 3.63) is 54.1 Å². The summed E-state index contributed by atoms with van der Waals surface area (Å²) in [7, 11) is 0. The van der Waals surface area contributed by atoms with E-state index in [-0.39, 0.29) is 17.7 Å². The molecule has 0 atom stereocenters. The van der Waals surface area contributed by atoms with E-state index in [0.717, 1.165) is 30.8 Å². The summed E-state index contributed by atoms with van der Waals surface area (Å²) in [5, 5.41) is 2.88. The van der Waals surface area contributed by atoms with Crippen LogP contribution in [0, 0.1) is 0 Å². The van der Waals surface area contributed by atoms with Crippen molar-refractivity contribution in [2.75, 3.05) is 28.2 Å². The zero-order valence-corrected chi connectivity index (χ0v) is 15.0. The molecule has 0 aromatic heterocycles. The number of benzene rings is 2. The molecule has 0 radical (unpaired) electrons. The number of amides is 3. The second kappa shape index (κ2) is 7.23. The van der Waals surface area contributed by atoms with Crippen LogP contribution in [-0.2, 0) is 9.59 Å². The molecule has 0 aliphatic carbocycles. The molecule has 2 aliphatic heterocycles. The molecule has 138 valence electrons. The van der Waals surface area contributed by atoms with E-state index in [1.54, 1.807) is 40.1 Å². The second-order valence-corrected chi connectivity index (χ2v) is 6.85. The van der Waals surface area contributed by atoms with Gasteiger partial charge in [-0.25, -0.2) is 0 Å². The summed E-state index contributed by atoms with van der Waals surface area (Å²) in [4.78, 5) is 39.8. The lowest BCUT2D eigenvalue weighted by Crippen LogP contribution is -2.24. The summed E-state index contributed by atoms with van der Waals surface area (Å²) in [6.45, 7) is 1.44. The van der Waals surface area contributed by atoms with Crippen molar-refractivity contribution in [1.29, 1.82) is 0 Å². The fourth-order valence-corrected chi connectivity index (χ4v) is 3.59. The highest BCUT2D eigenvalue weighted by atomic mass is 16.2. The smallest absolute Gasteiger partial charge is 0.255 e. The third-order valence-corrected chi connectivity index (χ3v) is 5.00. The van der Waals surface area contributed by atoms with Gasteiger partial charge in [-0.05, 0) is 55.3 Å². The molecule has 0 spiro atoms. The van der Waals surface area contributed by atoms with Crippen LogP contribution >= 0.6 is 0 Å². The first kappa shape index (κ1) is 17.3. The van der Waals surface area contributed by atoms with Crippen molar-refractivity contribution in [2.45, 2.75) is 25.7 Å². The fourth-order valence-electron chi connectivity index (χ4n) is 3.59. The van der Waals surface area contributed by atoms with E-state index in [1.165, 1.54) is 0 Å². The average molecular weight is 363 g/mol. The van der Waals surface area contributed by atoms with Crippen LogP contribution in [0.15, 0.2) is 48.5 Å². The van der Waals surface area contributed by atoms with E-state index in [2.05, 4.69) is 5.32 Å². The SMILES string of the molecule is O=C(Nc1cccc(N2CCCC2=O)c1)c1ccc(N2CCCC2=O)cc1. The molecule has 0 unspecified atom stereocenters. The topological polar surface area (TPSA) is 69.7 Å². The van der Waals surface area contributed by atoms with Gasteiger partial charge in [0, 0.05) is 48.6 Å². The molecule has 4 rings (SSSR count). The lowest BCUT2D eigenvalue weighted by molar-refractivity contribution is -0.117. The molecule has 3 amide bonds. The Bertz CT molecular complexity index is 892. The Morgan fingerprint density at radius 1 is 0.815 bits per heavy atom. The molecule has 2 fully saturated rings. The monoisotopic (exact) mass is 363 g/mol. The summed E-state index contributed by atoms with van der Waals surface area (Å²) in [6, 6.07) is 14.4. The molecule has 2 aromatic rings. The highest BCUT2D eigenvalue weighted by molar-refractivity contribution is 6.05. The molecule has 0 saturated carbocycles. The van der Waals surface area contributed by atoms with Crippen LogP contribution in [0.3, 0.4) is 0 Å². The second-order valence-electron chi connectivity index (χ2n) is 6.85. The Morgan fingerprint density at radius 3 is 2.04 bits per heavy atom. The first-order valence-electron chi connectivity index (χ1n) is 9.24. The molecule has 2 aromatic carbocycles. The Kier molecular flexibility index (Phi) is 4.62. The first-order valence-corrected chi connectivity index (χ1v) is 9.24. The van der Waals surface area contributed by atoms with Crippen molar-refractivity contribution in [3.8, 4) is 0 Å². The lowest BCUT2D eigenvalue weighted by Gasteiger charge is -2.17. The van der Waals surface area contributed by atoms with Crippen molar-refractivity contribution in [2.24, 2.45) is 0 Å². The Morgan fingerprint density at radius 2 is 1.44 bits per heavy atom. The van der Waals surface area contributed by atoms with Gasteiger partial charge in [-0.15, -0.1) is 0 Å². The molecule has 27 heavy (non-hydrogen) atoms. The van der Waals surface area contributed by atoms with Crippen LogP contribution in [0.2, 0.25) is 0 Å². The summed E-state index contributed by atoms with van der Waals surface area (Å²) in [5.41, 5.74) is 2.80. The molecule has 2 heterocycles. The number of rotatable bonds is 4. The highest BCUT2D eigenvalue weighted by Crippen LogP contribution is 2.25. The van der Waals surface area contributed by atoms with Gasteiger partial charge in [0.05, 0.1) is 0 Å². The maximum atomic E-state index is 12.5. The summed E-state index contributed by atoms with van der Waals surface area (Å²) < 4.78 is 0. The molecule has 1 N–H and O–H groups in total. The predicted molar refractivity (Wildman–Crippen MR) is 104 cm³/mol. The van der Waals surface area contributed by atoms with Gasteiger partial charge < -0.3 is 15.1 Å². The molecule has 2 aliphatic rings. The Hall–Kier alpha value is -3.15. The maximum Gasteiger partial charge on any atom is 0.255 e. The van der Waals surface area contributed by atoms with Gasteiger partial charge in [0.2, 0.25) is 11.8 Å². The van der Waals surface area contributed by atoms with E-state index in [9.17, 15) is 14.4 Å². The van der Waals surface area contributed by atoms with Crippen LogP contribution in [0.5, 0.6) is 0 Å². The number of nitrogens with one attached hydrogen (secondary N) is 1. The van der Waals surface area contributed by atoms with Crippen LogP contribution < -0.4 is 15.1 Å². The highest BCUT2D eigenvalue weighted by Gasteiger charge is 2.23. The van der Waals surface area contributed by atoms with Crippen LogP contribution in [0.25, 0.3) is 0 Å².